The summed E-state index contributed by atoms with van der Waals surface area (Å²) >= 11 is 0. The van der Waals surface area contributed by atoms with Crippen molar-refractivity contribution < 1.29 is 27.6 Å². The van der Waals surface area contributed by atoms with Crippen molar-refractivity contribution in [1.29, 1.82) is 0 Å². The van der Waals surface area contributed by atoms with Gasteiger partial charge in [-0.2, -0.15) is 13.2 Å². The standard InChI is InChI=1S/C14H15F3N2O4/c15-14(16,17)11-8-10(19(20)21)2-3-12(11)18-5-1-4-13(9-18)22-6-7-23-13/h2-3,8H,1,4-7,9H2. The largest absolute Gasteiger partial charge is 0.418 e. The Balaban J connectivity index is 1.96. The van der Waals surface area contributed by atoms with E-state index in [1.165, 1.54) is 4.90 Å². The zero-order valence-corrected chi connectivity index (χ0v) is 12.1. The van der Waals surface area contributed by atoms with Crippen molar-refractivity contribution in [1.82, 2.24) is 0 Å². The van der Waals surface area contributed by atoms with Crippen LogP contribution in [0.15, 0.2) is 18.2 Å². The number of hydrogen-bond acceptors (Lipinski definition) is 5. The van der Waals surface area contributed by atoms with Crippen LogP contribution < -0.4 is 4.90 Å². The van der Waals surface area contributed by atoms with Gasteiger partial charge in [-0.25, -0.2) is 0 Å². The number of rotatable bonds is 2. The first kappa shape index (κ1) is 16.0. The van der Waals surface area contributed by atoms with E-state index in [4.69, 9.17) is 9.47 Å². The molecule has 0 atom stereocenters. The first-order valence-electron chi connectivity index (χ1n) is 7.19. The smallest absolute Gasteiger partial charge is 0.366 e. The summed E-state index contributed by atoms with van der Waals surface area (Å²) in [6, 6.07) is 2.81. The van der Waals surface area contributed by atoms with Gasteiger partial charge in [-0.05, 0) is 12.5 Å². The molecule has 0 aromatic heterocycles. The molecule has 9 heteroatoms. The Bertz CT molecular complexity index is 615. The normalized spacial score (nSPS) is 20.9. The molecule has 2 aliphatic heterocycles. The van der Waals surface area contributed by atoms with Crippen LogP contribution in [0.5, 0.6) is 0 Å². The first-order valence-corrected chi connectivity index (χ1v) is 7.19. The first-order chi connectivity index (χ1) is 10.8. The van der Waals surface area contributed by atoms with Gasteiger partial charge in [0.15, 0.2) is 5.79 Å². The van der Waals surface area contributed by atoms with E-state index in [1.54, 1.807) is 0 Å². The lowest BCUT2D eigenvalue weighted by molar-refractivity contribution is -0.385. The monoisotopic (exact) mass is 332 g/mol. The van der Waals surface area contributed by atoms with Gasteiger partial charge in [-0.15, -0.1) is 0 Å². The molecule has 6 nitrogen and oxygen atoms in total. The third-order valence-electron chi connectivity index (χ3n) is 4.07. The SMILES string of the molecule is O=[N+]([O-])c1ccc(N2CCCC3(C2)OCCO3)c(C(F)(F)F)c1. The average Bonchev–Trinajstić information content (AvgIpc) is 2.93. The van der Waals surface area contributed by atoms with Gasteiger partial charge in [0.2, 0.25) is 0 Å². The fourth-order valence-corrected chi connectivity index (χ4v) is 3.07. The topological polar surface area (TPSA) is 64.8 Å². The maximum atomic E-state index is 13.3. The van der Waals surface area contributed by atoms with Crippen LogP contribution in [-0.2, 0) is 15.7 Å². The molecule has 1 aromatic carbocycles. The summed E-state index contributed by atoms with van der Waals surface area (Å²) in [6.45, 7) is 1.42. The third kappa shape index (κ3) is 3.11. The Morgan fingerprint density at radius 1 is 1.26 bits per heavy atom. The highest BCUT2D eigenvalue weighted by atomic mass is 19.4. The summed E-state index contributed by atoms with van der Waals surface area (Å²) in [5.74, 6) is -0.872. The van der Waals surface area contributed by atoms with Gasteiger partial charge < -0.3 is 14.4 Å². The molecule has 2 heterocycles. The van der Waals surface area contributed by atoms with Crippen molar-refractivity contribution in [2.75, 3.05) is 31.2 Å². The number of hydrogen-bond donors (Lipinski definition) is 0. The molecule has 0 N–H and O–H groups in total. The number of nitro groups is 1. The van der Waals surface area contributed by atoms with Crippen molar-refractivity contribution in [3.05, 3.63) is 33.9 Å². The zero-order chi connectivity index (χ0) is 16.7. The highest BCUT2D eigenvalue weighted by Crippen LogP contribution is 2.41. The summed E-state index contributed by atoms with van der Waals surface area (Å²) in [4.78, 5) is 11.5. The number of piperidine rings is 1. The second-order valence-electron chi connectivity index (χ2n) is 5.59. The van der Waals surface area contributed by atoms with Gasteiger partial charge in [-0.3, -0.25) is 10.1 Å². The van der Waals surface area contributed by atoms with Crippen molar-refractivity contribution in [3.8, 4) is 0 Å². The number of alkyl halides is 3. The summed E-state index contributed by atoms with van der Waals surface area (Å²) in [6.07, 6.45) is -3.44. The summed E-state index contributed by atoms with van der Waals surface area (Å²) in [7, 11) is 0. The number of halogens is 3. The van der Waals surface area contributed by atoms with E-state index in [0.717, 1.165) is 12.1 Å². The van der Waals surface area contributed by atoms with Crippen LogP contribution in [0.1, 0.15) is 18.4 Å². The van der Waals surface area contributed by atoms with E-state index in [-0.39, 0.29) is 12.2 Å². The Labute approximate surface area is 129 Å². The molecule has 0 amide bonds. The van der Waals surface area contributed by atoms with Crippen LogP contribution >= 0.6 is 0 Å². The average molecular weight is 332 g/mol. The number of anilines is 1. The lowest BCUT2D eigenvalue weighted by Crippen LogP contribution is -2.49. The van der Waals surface area contributed by atoms with Crippen molar-refractivity contribution in [2.24, 2.45) is 0 Å². The molecule has 2 aliphatic rings. The number of non-ortho nitro benzene ring substituents is 1. The quantitative estimate of drug-likeness (QED) is 0.615. The molecule has 2 saturated heterocycles. The lowest BCUT2D eigenvalue weighted by atomic mass is 10.0. The van der Waals surface area contributed by atoms with Gasteiger partial charge >= 0.3 is 6.18 Å². The molecule has 1 spiro atoms. The Hall–Kier alpha value is -1.87. The Kier molecular flexibility index (Phi) is 3.93. The molecule has 23 heavy (non-hydrogen) atoms. The maximum absolute atomic E-state index is 13.3. The number of benzene rings is 1. The van der Waals surface area contributed by atoms with Crippen molar-refractivity contribution >= 4 is 11.4 Å². The second kappa shape index (κ2) is 5.64. The minimum absolute atomic E-state index is 0.0822. The third-order valence-corrected chi connectivity index (χ3v) is 4.07. The number of ether oxygens (including phenoxy) is 2. The predicted molar refractivity (Wildman–Crippen MR) is 74.2 cm³/mol. The van der Waals surface area contributed by atoms with Crippen LogP contribution in [0.4, 0.5) is 24.5 Å². The molecule has 0 saturated carbocycles. The summed E-state index contributed by atoms with van der Waals surface area (Å²) in [5, 5.41) is 10.8. The highest BCUT2D eigenvalue weighted by molar-refractivity contribution is 5.59. The van der Waals surface area contributed by atoms with E-state index >= 15 is 0 Å². The second-order valence-corrected chi connectivity index (χ2v) is 5.59. The summed E-state index contributed by atoms with van der Waals surface area (Å²) in [5.41, 5.74) is -1.68. The molecule has 0 aliphatic carbocycles. The lowest BCUT2D eigenvalue weighted by Gasteiger charge is -2.40. The molecule has 1 aromatic rings. The van der Waals surface area contributed by atoms with Gasteiger partial charge in [0.1, 0.15) is 0 Å². The van der Waals surface area contributed by atoms with Gasteiger partial charge in [0.25, 0.3) is 5.69 Å². The van der Waals surface area contributed by atoms with Crippen LogP contribution in [0.3, 0.4) is 0 Å². The van der Waals surface area contributed by atoms with Crippen LogP contribution in [-0.4, -0.2) is 37.0 Å². The number of nitrogens with zero attached hydrogens (tertiary/aromatic N) is 2. The Morgan fingerprint density at radius 2 is 1.96 bits per heavy atom. The van der Waals surface area contributed by atoms with Gasteiger partial charge in [-0.1, -0.05) is 0 Å². The van der Waals surface area contributed by atoms with Crippen LogP contribution in [0, 0.1) is 10.1 Å². The molecule has 3 rings (SSSR count). The van der Waals surface area contributed by atoms with Crippen LogP contribution in [0.2, 0.25) is 0 Å². The zero-order valence-electron chi connectivity index (χ0n) is 12.1. The highest BCUT2D eigenvalue weighted by Gasteiger charge is 2.43. The van der Waals surface area contributed by atoms with E-state index in [2.05, 4.69) is 0 Å². The van der Waals surface area contributed by atoms with Crippen LogP contribution in [0.25, 0.3) is 0 Å². The minimum atomic E-state index is -4.68. The fourth-order valence-electron chi connectivity index (χ4n) is 3.07. The van der Waals surface area contributed by atoms with Gasteiger partial charge in [0.05, 0.1) is 30.2 Å². The molecule has 0 unspecified atom stereocenters. The molecular weight excluding hydrogens is 317 g/mol. The maximum Gasteiger partial charge on any atom is 0.418 e. The fraction of sp³-hybridized carbons (Fsp3) is 0.571. The summed E-state index contributed by atoms with van der Waals surface area (Å²) < 4.78 is 51.0. The molecular formula is C14H15F3N2O4. The molecule has 2 fully saturated rings. The van der Waals surface area contributed by atoms with Crippen molar-refractivity contribution in [2.45, 2.75) is 24.8 Å². The van der Waals surface area contributed by atoms with E-state index < -0.39 is 28.1 Å². The minimum Gasteiger partial charge on any atom is -0.366 e. The molecule has 126 valence electrons. The van der Waals surface area contributed by atoms with E-state index in [1.807, 2.05) is 0 Å². The van der Waals surface area contributed by atoms with E-state index in [0.29, 0.717) is 38.7 Å². The van der Waals surface area contributed by atoms with Crippen molar-refractivity contribution in [3.63, 3.8) is 0 Å². The molecule has 0 radical (unpaired) electrons. The van der Waals surface area contributed by atoms with Gasteiger partial charge in [0, 0.05) is 30.8 Å². The van der Waals surface area contributed by atoms with E-state index in [9.17, 15) is 23.3 Å². The Morgan fingerprint density at radius 3 is 2.57 bits per heavy atom. The number of nitro benzene ring substituents is 1. The predicted octanol–water partition coefficient (Wildman–Crippen LogP) is 2.96. The molecule has 0 bridgehead atoms.